The van der Waals surface area contributed by atoms with Gasteiger partial charge in [-0.05, 0) is 132 Å². The van der Waals surface area contributed by atoms with Crippen LogP contribution in [0, 0.1) is 5.92 Å². The number of rotatable bonds is 42. The Labute approximate surface area is 724 Å². The quantitative estimate of drug-likeness (QED) is 0.0228. The van der Waals surface area contributed by atoms with Crippen LogP contribution in [0.4, 0.5) is 23.7 Å². The molecule has 0 unspecified atom stereocenters. The second kappa shape index (κ2) is 48.3. The molecule has 6 aromatic rings. The third-order valence-electron chi connectivity index (χ3n) is 20.1. The number of aliphatic carboxylic acids is 1. The average molecular weight is 1760 g/mol. The van der Waals surface area contributed by atoms with Gasteiger partial charge >= 0.3 is 18.1 Å². The zero-order chi connectivity index (χ0) is 91.8. The minimum Gasteiger partial charge on any atom is -0.542 e. The van der Waals surface area contributed by atoms with E-state index in [2.05, 4.69) is 85.2 Å². The lowest BCUT2D eigenvalue weighted by molar-refractivity contribution is -0.344. The number of pyridine rings is 1. The molecule has 35 nitrogen and oxygen atoms in total. The van der Waals surface area contributed by atoms with Crippen molar-refractivity contribution in [3.05, 3.63) is 178 Å². The van der Waals surface area contributed by atoms with Crippen molar-refractivity contribution in [3.63, 3.8) is 0 Å². The molecule has 18 N–H and O–H groups in total. The largest absolute Gasteiger partial charge is 0.542 e. The number of benzene rings is 5. The molecule has 0 bridgehead atoms. The van der Waals surface area contributed by atoms with Crippen LogP contribution in [0.3, 0.4) is 0 Å². The molecule has 672 valence electrons. The summed E-state index contributed by atoms with van der Waals surface area (Å²) < 4.78 is 31.5. The summed E-state index contributed by atoms with van der Waals surface area (Å²) in [6.45, 7) is 11.4. The molecule has 11 atom stereocenters. The molecule has 8 rings (SSSR count). The predicted molar refractivity (Wildman–Crippen MR) is 448 cm³/mol. The van der Waals surface area contributed by atoms with Gasteiger partial charge in [0.2, 0.25) is 76.8 Å². The highest BCUT2D eigenvalue weighted by Gasteiger charge is 2.41. The van der Waals surface area contributed by atoms with E-state index in [1.165, 1.54) is 62.3 Å². The zero-order valence-corrected chi connectivity index (χ0v) is 70.9. The number of halogens is 4. The van der Waals surface area contributed by atoms with E-state index in [4.69, 9.17) is 21.5 Å². The highest BCUT2D eigenvalue weighted by molar-refractivity contribution is 6.30. The Kier molecular flexibility index (Phi) is 38.4. The number of alkyl halides is 3. The Morgan fingerprint density at radius 3 is 1.55 bits per heavy atom. The summed E-state index contributed by atoms with van der Waals surface area (Å²) in [4.78, 5) is 223. The number of hydrogen-bond donors (Lipinski definition) is 16. The number of unbranched alkanes of at least 4 members (excludes halogenated alkanes) is 1. The van der Waals surface area contributed by atoms with Crippen molar-refractivity contribution in [2.75, 3.05) is 25.0 Å². The Hall–Kier alpha value is -12.8. The number of quaternary nitrogens is 1. The molecule has 0 spiro atoms. The zero-order valence-electron chi connectivity index (χ0n) is 70.1. The topological polar surface area (TPSA) is 529 Å². The Balaban J connectivity index is 0.00000293. The summed E-state index contributed by atoms with van der Waals surface area (Å²) in [7, 11) is 0. The second-order valence-corrected chi connectivity index (χ2v) is 31.6. The van der Waals surface area contributed by atoms with Gasteiger partial charge in [0, 0.05) is 88.2 Å². The first-order chi connectivity index (χ1) is 59.2. The van der Waals surface area contributed by atoms with Crippen molar-refractivity contribution in [1.29, 1.82) is 0 Å². The van der Waals surface area contributed by atoms with Crippen LogP contribution in [0.2, 0.25) is 5.02 Å². The van der Waals surface area contributed by atoms with Crippen molar-refractivity contribution in [2.24, 2.45) is 5.92 Å². The fourth-order valence-electron chi connectivity index (χ4n) is 13.5. The average Bonchev–Trinajstić information content (AvgIpc) is 1.75. The molecule has 2 aliphatic rings. The molecular weight excluding hydrogens is 1650 g/mol. The summed E-state index contributed by atoms with van der Waals surface area (Å²) in [5.41, 5.74) is 6.64. The number of anilines is 1. The maximum atomic E-state index is 15.5. The van der Waals surface area contributed by atoms with Crippen molar-refractivity contribution in [3.8, 4) is 0 Å². The van der Waals surface area contributed by atoms with Gasteiger partial charge in [-0.25, -0.2) is 9.59 Å². The minimum atomic E-state index is -5.19. The van der Waals surface area contributed by atoms with Gasteiger partial charge in [0.1, 0.15) is 72.4 Å². The maximum absolute atomic E-state index is 15.5. The molecule has 1 aromatic heterocycles. The van der Waals surface area contributed by atoms with Crippen molar-refractivity contribution < 1.29 is 106 Å². The van der Waals surface area contributed by atoms with Gasteiger partial charge in [-0.1, -0.05) is 136 Å². The molecular formula is C86H107ClF3N17O18. The molecule has 0 aliphatic carbocycles. The molecule has 0 radical (unpaired) electrons. The van der Waals surface area contributed by atoms with Gasteiger partial charge in [-0.3, -0.25) is 78.4 Å². The number of carbonyl (C=O) groups excluding carboxylic acids is 16. The number of carboxylic acids is 1. The van der Waals surface area contributed by atoms with Crippen LogP contribution in [-0.4, -0.2) is 208 Å². The number of fused-ring (bicyclic) bond motifs is 1. The van der Waals surface area contributed by atoms with Crippen molar-refractivity contribution in [1.82, 2.24) is 79.0 Å². The number of aliphatic hydroxyl groups is 1. The van der Waals surface area contributed by atoms with E-state index in [1.807, 2.05) is 56.3 Å². The van der Waals surface area contributed by atoms with Crippen LogP contribution in [0.1, 0.15) is 127 Å². The number of imide groups is 1. The van der Waals surface area contributed by atoms with Crippen LogP contribution >= 0.6 is 11.6 Å². The molecule has 2 aliphatic heterocycles. The summed E-state index contributed by atoms with van der Waals surface area (Å²) >= 11 is 6.28. The number of nitrogens with one attached hydrogen (secondary N) is 14. The van der Waals surface area contributed by atoms with Crippen LogP contribution in [0.5, 0.6) is 0 Å². The number of aromatic nitrogens is 1. The molecule has 3 heterocycles. The van der Waals surface area contributed by atoms with Crippen molar-refractivity contribution in [2.45, 2.75) is 211 Å². The fourth-order valence-corrected chi connectivity index (χ4v) is 13.7. The van der Waals surface area contributed by atoms with E-state index in [-0.39, 0.29) is 88.0 Å². The smallest absolute Gasteiger partial charge is 0.430 e. The highest BCUT2D eigenvalue weighted by atomic mass is 35.5. The third-order valence-corrected chi connectivity index (χ3v) is 20.3. The number of likely N-dealkylation sites (tertiary alicyclic amines) is 1. The number of aliphatic hydroxyl groups excluding tert-OH is 1. The minimum absolute atomic E-state index is 0.00392. The van der Waals surface area contributed by atoms with E-state index >= 15 is 28.8 Å². The third kappa shape index (κ3) is 33.1. The Morgan fingerprint density at radius 2 is 1.05 bits per heavy atom. The van der Waals surface area contributed by atoms with E-state index in [0.717, 1.165) is 10.8 Å². The molecule has 125 heavy (non-hydrogen) atoms. The molecule has 5 aromatic carbocycles. The number of hydrogen-bond acceptors (Lipinski definition) is 20. The van der Waals surface area contributed by atoms with E-state index in [1.54, 1.807) is 74.5 Å². The SMILES string of the molecule is CC(=O)NCc1ccc(C[C@@H](NC(=O)[C@H](Cc2ccc(NC(=O)[C@H]3CC(=O)NC(=O)N3)cc2)NC(=O)[C@H](CO)NC(=O)[C@@H](Cc2cccnc2)NC(=O)[C@@H](Cc2ccc(Cl)cc2)NC(=O)[C@@H](Cc2ccc3ccccc3c2)NC(C)=O)C(=O)N[C@@H](CC(C)C)C(=O)N[C@@H](CCCCNC(C)C)C(=O)N2CCC[C@H]2C(=O)N[C@H](C)C([NH3+])=O)cc1.O=C([O-])C(F)(F)F. The van der Waals surface area contributed by atoms with Crippen LogP contribution in [0.25, 0.3) is 10.8 Å². The first-order valence-corrected chi connectivity index (χ1v) is 41.0. The van der Waals surface area contributed by atoms with E-state index in [0.29, 0.717) is 64.2 Å². The maximum Gasteiger partial charge on any atom is 0.430 e. The lowest BCUT2D eigenvalue weighted by Gasteiger charge is -2.31. The van der Waals surface area contributed by atoms with Crippen LogP contribution < -0.4 is 85.3 Å². The molecule has 39 heteroatoms. The molecule has 0 saturated carbocycles. The van der Waals surface area contributed by atoms with Crippen LogP contribution in [-0.2, 0) is 111 Å². The predicted octanol–water partition coefficient (Wildman–Crippen LogP) is 0.242. The molecule has 2 fully saturated rings. The van der Waals surface area contributed by atoms with Gasteiger partial charge in [0.05, 0.1) is 13.0 Å². The van der Waals surface area contributed by atoms with Gasteiger partial charge < -0.3 is 89.0 Å². The summed E-state index contributed by atoms with van der Waals surface area (Å²) in [6.07, 6.45) is -1.90. The van der Waals surface area contributed by atoms with Gasteiger partial charge in [0.15, 0.2) is 0 Å². The summed E-state index contributed by atoms with van der Waals surface area (Å²) in [5.74, 6) is -13.8. The monoisotopic (exact) mass is 1760 g/mol. The second-order valence-electron chi connectivity index (χ2n) is 31.2. The summed E-state index contributed by atoms with van der Waals surface area (Å²) in [5, 5.41) is 59.8. The van der Waals surface area contributed by atoms with Gasteiger partial charge in [-0.2, -0.15) is 13.2 Å². The number of amides is 16. The molecule has 16 amide bonds. The fraction of sp³-hybridized carbons (Fsp3) is 0.430. The number of carbonyl (C=O) groups is 16. The Bertz CT molecular complexity index is 4790. The standard InChI is InChI=1S/C84H106ClN17O16.C2HF3O2/c1-47(2)36-63(75(109)93-62(17-10-11-34-88-48(3)4)83(117)102-35-13-18-71(102)82(116)90-49(5)73(86)107)94-77(111)65(38-52-19-21-55(22-20-52)45-89-50(6)104)96-79(113)67(40-54-26-31-61(32-27-54)92-74(108)69-43-72(106)101-84(118)100-69)98-81(115)70(46-103)99-80(114)68(42-57-14-12-33-87-44-57)97-78(112)66(39-53-24-29-60(85)30-25-53)95-76(110)64(91-51(7)105)41-56-23-28-58-15-8-9-16-59(58)37-56;3-2(4,5)1(6)7/h8-9,12,14-16,19-33,37,44,47-49,62-71,88,103H,10-11,13,17-18,34-36,38-43,45-46H2,1-7H3,(H2,86,107)(H,89,104)(H,90,116)(H,91,105)(H,92,108)(H,93,109)(H,94,111)(H,95,110)(H,96,113)(H,97,112)(H,98,115)(H,99,114)(H2,100,101,106,118);(H,6,7)/t49-,62+,63+,64-,65-,66-,67+,68-,69-,70+,71+;/m1./s1. The Morgan fingerprint density at radius 1 is 0.568 bits per heavy atom. The van der Waals surface area contributed by atoms with Gasteiger partial charge in [-0.15, -0.1) is 0 Å². The number of carboxylic acid groups (broad SMARTS) is 1. The van der Waals surface area contributed by atoms with Crippen molar-refractivity contribution >= 4 is 123 Å². The molecule has 2 saturated heterocycles. The number of nitrogens with zero attached hydrogens (tertiary/aromatic N) is 2. The number of urea groups is 1. The van der Waals surface area contributed by atoms with Crippen LogP contribution in [0.15, 0.2) is 140 Å². The first-order valence-electron chi connectivity index (χ1n) is 40.6. The lowest BCUT2D eigenvalue weighted by Crippen LogP contribution is -2.66. The first kappa shape index (κ1) is 99.3. The van der Waals surface area contributed by atoms with E-state index < -0.39 is 174 Å². The highest BCUT2D eigenvalue weighted by Crippen LogP contribution is 2.24. The summed E-state index contributed by atoms with van der Waals surface area (Å²) in [6, 6.07) is 19.4. The lowest BCUT2D eigenvalue weighted by atomic mass is 9.99. The van der Waals surface area contributed by atoms with Gasteiger partial charge in [0.25, 0.3) is 0 Å². The normalized spacial score (nSPS) is 15.8. The van der Waals surface area contributed by atoms with E-state index in [9.17, 15) is 61.4 Å².